The Morgan fingerprint density at radius 1 is 1.23 bits per heavy atom. The number of carbonyl (C=O) groups excluding carboxylic acids is 1. The summed E-state index contributed by atoms with van der Waals surface area (Å²) < 4.78 is 2.05. The fourth-order valence-electron chi connectivity index (χ4n) is 3.19. The lowest BCUT2D eigenvalue weighted by Gasteiger charge is -2.14. The lowest BCUT2D eigenvalue weighted by molar-refractivity contribution is -0.115. The Morgan fingerprint density at radius 2 is 2.00 bits per heavy atom. The van der Waals surface area contributed by atoms with Crippen molar-refractivity contribution in [2.45, 2.75) is 39.2 Å². The van der Waals surface area contributed by atoms with Crippen molar-refractivity contribution in [1.82, 2.24) is 19.5 Å². The highest BCUT2D eigenvalue weighted by Gasteiger charge is 2.19. The van der Waals surface area contributed by atoms with Crippen LogP contribution in [0.5, 0.6) is 0 Å². The molecule has 1 amide bonds. The first-order valence-electron chi connectivity index (χ1n) is 9.58. The summed E-state index contributed by atoms with van der Waals surface area (Å²) >= 11 is 7.67. The number of nitrogens with zero attached hydrogens (tertiary/aromatic N) is 4. The molecule has 30 heavy (non-hydrogen) atoms. The molecule has 0 spiro atoms. The monoisotopic (exact) mass is 439 g/mol. The van der Waals surface area contributed by atoms with Crippen LogP contribution in [0.15, 0.2) is 48.2 Å². The number of aromatic nitrogens is 4. The molecule has 4 rings (SSSR count). The number of halogens is 1. The number of hydrogen-bond donors (Lipinski definition) is 1. The lowest BCUT2D eigenvalue weighted by atomic mass is 9.93. The maximum Gasteiger partial charge on any atom is 0.230 e. The second-order valence-corrected chi connectivity index (χ2v) is 9.42. The van der Waals surface area contributed by atoms with Crippen molar-refractivity contribution in [3.63, 3.8) is 0 Å². The van der Waals surface area contributed by atoms with Crippen LogP contribution in [0.2, 0.25) is 5.02 Å². The Hall–Kier alpha value is -2.77. The molecular formula is C22H22ClN5OS. The van der Waals surface area contributed by atoms with Crippen molar-refractivity contribution >= 4 is 44.9 Å². The number of thiazole rings is 1. The zero-order chi connectivity index (χ0) is 21.3. The number of nitrogens with one attached hydrogen (secondary N) is 1. The van der Waals surface area contributed by atoms with Gasteiger partial charge in [-0.3, -0.25) is 4.79 Å². The highest BCUT2D eigenvalue weighted by atomic mass is 35.5. The largest absolute Gasteiger partial charge is 0.340 e. The summed E-state index contributed by atoms with van der Waals surface area (Å²) in [7, 11) is 0. The summed E-state index contributed by atoms with van der Waals surface area (Å²) in [5.74, 6) is 0.595. The summed E-state index contributed by atoms with van der Waals surface area (Å²) in [6, 6.07) is 7.48. The smallest absolute Gasteiger partial charge is 0.230 e. The van der Waals surface area contributed by atoms with E-state index in [0.29, 0.717) is 22.5 Å². The highest BCUT2D eigenvalue weighted by Crippen LogP contribution is 2.28. The second-order valence-electron chi connectivity index (χ2n) is 8.12. The molecule has 0 saturated carbocycles. The van der Waals surface area contributed by atoms with Crippen LogP contribution in [0.1, 0.15) is 37.9 Å². The van der Waals surface area contributed by atoms with Crippen molar-refractivity contribution in [1.29, 1.82) is 0 Å². The third kappa shape index (κ3) is 4.52. The third-order valence-electron chi connectivity index (χ3n) is 4.73. The Balaban J connectivity index is 1.58. The molecule has 8 heteroatoms. The first kappa shape index (κ1) is 20.5. The molecule has 0 aliphatic carbocycles. The minimum atomic E-state index is -0.111. The SMILES string of the molecule is CC(C)(C)c1csc(NC(=O)Cc2cn(Cc3ncccn3)c3ccc(Cl)cc23)n1. The van der Waals surface area contributed by atoms with Gasteiger partial charge in [0.2, 0.25) is 5.91 Å². The van der Waals surface area contributed by atoms with Crippen LogP contribution >= 0.6 is 22.9 Å². The summed E-state index contributed by atoms with van der Waals surface area (Å²) in [6.45, 7) is 6.82. The summed E-state index contributed by atoms with van der Waals surface area (Å²) in [4.78, 5) is 25.9. The number of benzene rings is 1. The molecule has 0 unspecified atom stereocenters. The van der Waals surface area contributed by atoms with E-state index in [1.165, 1.54) is 11.3 Å². The molecule has 6 nitrogen and oxygen atoms in total. The van der Waals surface area contributed by atoms with Gasteiger partial charge in [-0.1, -0.05) is 32.4 Å². The summed E-state index contributed by atoms with van der Waals surface area (Å²) in [5, 5.41) is 7.10. The van der Waals surface area contributed by atoms with E-state index in [9.17, 15) is 4.79 Å². The zero-order valence-electron chi connectivity index (χ0n) is 17.0. The van der Waals surface area contributed by atoms with Crippen LogP contribution in [-0.2, 0) is 23.2 Å². The van der Waals surface area contributed by atoms with Crippen molar-refractivity contribution < 1.29 is 4.79 Å². The molecule has 0 bridgehead atoms. The Morgan fingerprint density at radius 3 is 2.70 bits per heavy atom. The van der Waals surface area contributed by atoms with E-state index in [1.54, 1.807) is 18.5 Å². The molecule has 154 valence electrons. The van der Waals surface area contributed by atoms with E-state index in [2.05, 4.69) is 41.0 Å². The number of carbonyl (C=O) groups is 1. The average Bonchev–Trinajstić information content (AvgIpc) is 3.28. The number of amides is 1. The van der Waals surface area contributed by atoms with Gasteiger partial charge in [-0.05, 0) is 29.8 Å². The van der Waals surface area contributed by atoms with Gasteiger partial charge in [0.15, 0.2) is 5.13 Å². The molecule has 3 aromatic heterocycles. The molecule has 0 aliphatic heterocycles. The Bertz CT molecular complexity index is 1190. The van der Waals surface area contributed by atoms with Gasteiger partial charge in [-0.25, -0.2) is 15.0 Å². The van der Waals surface area contributed by atoms with Gasteiger partial charge >= 0.3 is 0 Å². The van der Waals surface area contributed by atoms with Crippen LogP contribution in [0.25, 0.3) is 10.9 Å². The van der Waals surface area contributed by atoms with Crippen molar-refractivity contribution in [3.05, 3.63) is 70.3 Å². The molecule has 1 aromatic carbocycles. The fraction of sp³-hybridized carbons (Fsp3) is 0.273. The number of hydrogen-bond acceptors (Lipinski definition) is 5. The quantitative estimate of drug-likeness (QED) is 0.471. The van der Waals surface area contributed by atoms with E-state index in [-0.39, 0.29) is 17.7 Å². The summed E-state index contributed by atoms with van der Waals surface area (Å²) in [6.07, 6.45) is 5.64. The molecular weight excluding hydrogens is 418 g/mol. The van der Waals surface area contributed by atoms with Crippen LogP contribution in [0, 0.1) is 0 Å². The Kier molecular flexibility index (Phi) is 5.58. The number of fused-ring (bicyclic) bond motifs is 1. The molecule has 4 aromatic rings. The molecule has 3 heterocycles. The maximum absolute atomic E-state index is 12.7. The molecule has 0 aliphatic rings. The van der Waals surface area contributed by atoms with Crippen molar-refractivity contribution in [2.24, 2.45) is 0 Å². The molecule has 1 N–H and O–H groups in total. The molecule has 0 fully saturated rings. The standard InChI is InChI=1S/C22H22ClN5OS/c1-22(2,3)18-13-30-21(26-18)27-20(29)9-14-11-28(12-19-24-7-4-8-25-19)17-6-5-15(23)10-16(14)17/h4-8,10-11,13H,9,12H2,1-3H3,(H,26,27,29). The average molecular weight is 440 g/mol. The highest BCUT2D eigenvalue weighted by molar-refractivity contribution is 7.13. The lowest BCUT2D eigenvalue weighted by Crippen LogP contribution is -2.15. The van der Waals surface area contributed by atoms with E-state index in [1.807, 2.05) is 34.3 Å². The predicted octanol–water partition coefficient (Wildman–Crippen LogP) is 5.07. The summed E-state index contributed by atoms with van der Waals surface area (Å²) in [5.41, 5.74) is 2.80. The second kappa shape index (κ2) is 8.16. The van der Waals surface area contributed by atoms with Gasteiger partial charge in [-0.2, -0.15) is 0 Å². The van der Waals surface area contributed by atoms with E-state index < -0.39 is 0 Å². The van der Waals surface area contributed by atoms with Crippen LogP contribution in [0.4, 0.5) is 5.13 Å². The van der Waals surface area contributed by atoms with Gasteiger partial charge in [0.25, 0.3) is 0 Å². The zero-order valence-corrected chi connectivity index (χ0v) is 18.6. The first-order valence-corrected chi connectivity index (χ1v) is 10.8. The van der Waals surface area contributed by atoms with E-state index in [0.717, 1.165) is 22.2 Å². The van der Waals surface area contributed by atoms with Gasteiger partial charge in [0, 0.05) is 45.3 Å². The minimum Gasteiger partial charge on any atom is -0.340 e. The van der Waals surface area contributed by atoms with Crippen LogP contribution < -0.4 is 5.32 Å². The van der Waals surface area contributed by atoms with E-state index in [4.69, 9.17) is 11.6 Å². The molecule has 0 atom stereocenters. The van der Waals surface area contributed by atoms with Gasteiger partial charge < -0.3 is 9.88 Å². The minimum absolute atomic E-state index is 0.0524. The number of rotatable bonds is 5. The van der Waals surface area contributed by atoms with Crippen molar-refractivity contribution in [3.8, 4) is 0 Å². The number of anilines is 1. The Labute approximate surface area is 184 Å². The topological polar surface area (TPSA) is 72.7 Å². The fourth-order valence-corrected chi connectivity index (χ4v) is 4.32. The molecule has 0 saturated heterocycles. The van der Waals surface area contributed by atoms with Gasteiger partial charge in [0.05, 0.1) is 18.7 Å². The van der Waals surface area contributed by atoms with Crippen molar-refractivity contribution in [2.75, 3.05) is 5.32 Å². The van der Waals surface area contributed by atoms with Gasteiger partial charge in [0.1, 0.15) is 5.82 Å². The van der Waals surface area contributed by atoms with Crippen LogP contribution in [0.3, 0.4) is 0 Å². The third-order valence-corrected chi connectivity index (χ3v) is 5.72. The van der Waals surface area contributed by atoms with Crippen LogP contribution in [-0.4, -0.2) is 25.4 Å². The first-order chi connectivity index (χ1) is 14.3. The normalized spacial score (nSPS) is 11.7. The van der Waals surface area contributed by atoms with Gasteiger partial charge in [-0.15, -0.1) is 11.3 Å². The van der Waals surface area contributed by atoms with E-state index >= 15 is 0 Å². The maximum atomic E-state index is 12.7. The predicted molar refractivity (Wildman–Crippen MR) is 121 cm³/mol. The molecule has 0 radical (unpaired) electrons.